The molecule has 0 saturated carbocycles. The van der Waals surface area contributed by atoms with Gasteiger partial charge in [-0.15, -0.1) is 0 Å². The van der Waals surface area contributed by atoms with Crippen LogP contribution in [-0.2, 0) is 16.0 Å². The molecule has 1 fully saturated rings. The molecule has 0 radical (unpaired) electrons. The van der Waals surface area contributed by atoms with E-state index in [-0.39, 0.29) is 18.6 Å². The Kier molecular flexibility index (Phi) is 6.94. The van der Waals surface area contributed by atoms with Gasteiger partial charge in [0.1, 0.15) is 0 Å². The topological polar surface area (TPSA) is 63.3 Å². The predicted octanol–water partition coefficient (Wildman–Crippen LogP) is 2.26. The Bertz CT molecular complexity index is 898. The van der Waals surface area contributed by atoms with Gasteiger partial charge in [0, 0.05) is 38.9 Å². The molecule has 1 unspecified atom stereocenters. The molecule has 1 saturated heterocycles. The van der Waals surface area contributed by atoms with E-state index in [1.807, 2.05) is 18.2 Å². The highest BCUT2D eigenvalue weighted by Crippen LogP contribution is 2.31. The first kappa shape index (κ1) is 21.5. The van der Waals surface area contributed by atoms with Gasteiger partial charge in [0.05, 0.1) is 26.4 Å². The van der Waals surface area contributed by atoms with Crippen LogP contribution in [0.2, 0.25) is 0 Å². The van der Waals surface area contributed by atoms with E-state index in [4.69, 9.17) is 14.2 Å². The molecule has 0 bridgehead atoms. The van der Waals surface area contributed by atoms with Crippen molar-refractivity contribution in [2.75, 3.05) is 65.1 Å². The summed E-state index contributed by atoms with van der Waals surface area (Å²) in [7, 11) is 3.72. The Balaban J connectivity index is 1.41. The summed E-state index contributed by atoms with van der Waals surface area (Å²) in [5.41, 5.74) is 3.92. The SMILES string of the molecule is COc1ccccc1OCC(=O)NCC(c1ccc2c(c1)CCN2C)N1CCOCC1. The Hall–Kier alpha value is -2.77. The number of amides is 1. The first-order chi connectivity index (χ1) is 15.2. The van der Waals surface area contributed by atoms with Gasteiger partial charge in [-0.2, -0.15) is 0 Å². The third kappa shape index (κ3) is 5.11. The molecule has 2 aliphatic rings. The lowest BCUT2D eigenvalue weighted by Crippen LogP contribution is -2.44. The lowest BCUT2D eigenvalue weighted by Gasteiger charge is -2.35. The van der Waals surface area contributed by atoms with Crippen LogP contribution >= 0.6 is 0 Å². The number of nitrogens with zero attached hydrogens (tertiary/aromatic N) is 2. The number of morpholine rings is 1. The number of rotatable bonds is 8. The van der Waals surface area contributed by atoms with E-state index < -0.39 is 0 Å². The summed E-state index contributed by atoms with van der Waals surface area (Å²) in [6.45, 7) is 4.68. The van der Waals surface area contributed by atoms with E-state index >= 15 is 0 Å². The van der Waals surface area contributed by atoms with E-state index in [9.17, 15) is 4.79 Å². The molecule has 7 heteroatoms. The number of nitrogens with one attached hydrogen (secondary N) is 1. The standard InChI is InChI=1S/C24H31N3O4/c1-26-10-9-19-15-18(7-8-20(19)26)21(27-11-13-30-14-12-27)16-25-24(28)17-31-23-6-4-3-5-22(23)29-2/h3-8,15,21H,9-14,16-17H2,1-2H3,(H,25,28). The molecular formula is C24H31N3O4. The van der Waals surface area contributed by atoms with E-state index in [2.05, 4.69) is 40.4 Å². The molecule has 0 spiro atoms. The molecule has 2 heterocycles. The maximum atomic E-state index is 12.5. The summed E-state index contributed by atoms with van der Waals surface area (Å²) >= 11 is 0. The summed E-state index contributed by atoms with van der Waals surface area (Å²) in [6, 6.07) is 14.1. The van der Waals surface area contributed by atoms with E-state index in [1.165, 1.54) is 16.8 Å². The van der Waals surface area contributed by atoms with Crippen molar-refractivity contribution in [1.29, 1.82) is 0 Å². The van der Waals surface area contributed by atoms with Crippen molar-refractivity contribution in [3.05, 3.63) is 53.6 Å². The second-order valence-electron chi connectivity index (χ2n) is 7.97. The molecular weight excluding hydrogens is 394 g/mol. The fourth-order valence-electron chi connectivity index (χ4n) is 4.28. The molecule has 1 atom stereocenters. The third-order valence-corrected chi connectivity index (χ3v) is 6.02. The van der Waals surface area contributed by atoms with Crippen LogP contribution in [0.15, 0.2) is 42.5 Å². The van der Waals surface area contributed by atoms with Crippen LogP contribution in [0.25, 0.3) is 0 Å². The van der Waals surface area contributed by atoms with Crippen molar-refractivity contribution in [3.63, 3.8) is 0 Å². The molecule has 2 aliphatic heterocycles. The van der Waals surface area contributed by atoms with E-state index in [1.54, 1.807) is 13.2 Å². The predicted molar refractivity (Wildman–Crippen MR) is 120 cm³/mol. The van der Waals surface area contributed by atoms with Crippen LogP contribution in [0.1, 0.15) is 17.2 Å². The molecule has 4 rings (SSSR count). The molecule has 1 N–H and O–H groups in total. The normalized spacial score (nSPS) is 17.2. The number of benzene rings is 2. The second-order valence-corrected chi connectivity index (χ2v) is 7.97. The highest BCUT2D eigenvalue weighted by Gasteiger charge is 2.25. The molecule has 31 heavy (non-hydrogen) atoms. The average Bonchev–Trinajstić information content (AvgIpc) is 3.19. The van der Waals surface area contributed by atoms with E-state index in [0.29, 0.717) is 18.0 Å². The van der Waals surface area contributed by atoms with Gasteiger partial charge in [0.15, 0.2) is 18.1 Å². The minimum Gasteiger partial charge on any atom is -0.493 e. The Labute approximate surface area is 183 Å². The number of likely N-dealkylation sites (N-methyl/N-ethyl adjacent to an activating group) is 1. The van der Waals surface area contributed by atoms with Crippen LogP contribution < -0.4 is 19.7 Å². The third-order valence-electron chi connectivity index (χ3n) is 6.02. The molecule has 0 aliphatic carbocycles. The quantitative estimate of drug-likeness (QED) is 0.700. The summed E-state index contributed by atoms with van der Waals surface area (Å²) in [5, 5.41) is 3.07. The first-order valence-electron chi connectivity index (χ1n) is 10.8. The number of para-hydroxylation sites is 2. The highest BCUT2D eigenvalue weighted by molar-refractivity contribution is 5.77. The number of hydrogen-bond acceptors (Lipinski definition) is 6. The smallest absolute Gasteiger partial charge is 0.258 e. The summed E-state index contributed by atoms with van der Waals surface area (Å²) in [4.78, 5) is 17.2. The lowest BCUT2D eigenvalue weighted by atomic mass is 10.0. The van der Waals surface area contributed by atoms with Gasteiger partial charge < -0.3 is 24.4 Å². The number of ether oxygens (including phenoxy) is 3. The van der Waals surface area contributed by atoms with Gasteiger partial charge in [0.2, 0.25) is 0 Å². The van der Waals surface area contributed by atoms with Gasteiger partial charge >= 0.3 is 0 Å². The van der Waals surface area contributed by atoms with Crippen LogP contribution in [-0.4, -0.2) is 71.0 Å². The van der Waals surface area contributed by atoms with Crippen LogP contribution in [0.3, 0.4) is 0 Å². The molecule has 2 aromatic carbocycles. The largest absolute Gasteiger partial charge is 0.493 e. The van der Waals surface area contributed by atoms with Crippen LogP contribution in [0.5, 0.6) is 11.5 Å². The lowest BCUT2D eigenvalue weighted by molar-refractivity contribution is -0.123. The zero-order valence-corrected chi connectivity index (χ0v) is 18.3. The van der Waals surface area contributed by atoms with Crippen molar-refractivity contribution in [3.8, 4) is 11.5 Å². The Morgan fingerprint density at radius 2 is 1.90 bits per heavy atom. The second kappa shape index (κ2) is 10.0. The fourth-order valence-corrected chi connectivity index (χ4v) is 4.28. The van der Waals surface area contributed by atoms with E-state index in [0.717, 1.165) is 39.3 Å². The van der Waals surface area contributed by atoms with Crippen molar-refractivity contribution in [2.24, 2.45) is 0 Å². The van der Waals surface area contributed by atoms with Gasteiger partial charge in [-0.3, -0.25) is 9.69 Å². The fraction of sp³-hybridized carbons (Fsp3) is 0.458. The van der Waals surface area contributed by atoms with Gasteiger partial charge in [-0.05, 0) is 35.7 Å². The molecule has 2 aromatic rings. The Morgan fingerprint density at radius 3 is 2.68 bits per heavy atom. The number of hydrogen-bond donors (Lipinski definition) is 1. The molecule has 7 nitrogen and oxygen atoms in total. The Morgan fingerprint density at radius 1 is 1.13 bits per heavy atom. The van der Waals surface area contributed by atoms with Crippen molar-refractivity contribution >= 4 is 11.6 Å². The number of carbonyl (C=O) groups excluding carboxylic acids is 1. The number of carbonyl (C=O) groups is 1. The number of fused-ring (bicyclic) bond motifs is 1. The number of anilines is 1. The maximum absolute atomic E-state index is 12.5. The average molecular weight is 426 g/mol. The van der Waals surface area contributed by atoms with Crippen molar-refractivity contribution < 1.29 is 19.0 Å². The highest BCUT2D eigenvalue weighted by atomic mass is 16.5. The summed E-state index contributed by atoms with van der Waals surface area (Å²) in [6.07, 6.45) is 1.06. The zero-order chi connectivity index (χ0) is 21.6. The summed E-state index contributed by atoms with van der Waals surface area (Å²) < 4.78 is 16.5. The summed E-state index contributed by atoms with van der Waals surface area (Å²) in [5.74, 6) is 1.03. The monoisotopic (exact) mass is 425 g/mol. The van der Waals surface area contributed by atoms with Crippen LogP contribution in [0, 0.1) is 0 Å². The minimum absolute atomic E-state index is 0.0504. The molecule has 166 valence electrons. The van der Waals surface area contributed by atoms with Crippen molar-refractivity contribution in [2.45, 2.75) is 12.5 Å². The van der Waals surface area contributed by atoms with Crippen LogP contribution in [0.4, 0.5) is 5.69 Å². The first-order valence-corrected chi connectivity index (χ1v) is 10.8. The minimum atomic E-state index is -0.148. The maximum Gasteiger partial charge on any atom is 0.258 e. The molecule has 1 amide bonds. The molecule has 0 aromatic heterocycles. The van der Waals surface area contributed by atoms with Gasteiger partial charge in [0.25, 0.3) is 5.91 Å². The van der Waals surface area contributed by atoms with Gasteiger partial charge in [-0.1, -0.05) is 24.3 Å². The van der Waals surface area contributed by atoms with Crippen molar-refractivity contribution in [1.82, 2.24) is 10.2 Å². The van der Waals surface area contributed by atoms with Gasteiger partial charge in [-0.25, -0.2) is 0 Å². The zero-order valence-electron chi connectivity index (χ0n) is 18.3. The number of methoxy groups -OCH3 is 1.